The average Bonchev–Trinajstić information content (AvgIpc) is 2.69. The van der Waals surface area contributed by atoms with Crippen LogP contribution in [0.5, 0.6) is 5.75 Å². The first kappa shape index (κ1) is 23.9. The fourth-order valence-electron chi connectivity index (χ4n) is 3.88. The quantitative estimate of drug-likeness (QED) is 0.505. The van der Waals surface area contributed by atoms with Crippen molar-refractivity contribution in [3.8, 4) is 5.75 Å². The standard InChI is InChI=1S/C23H29ClN2OS.ClH/c1-25(2)16-17-4-6-18(7-5-17)19-8-12-21(13-9-19)26(3)23(28)27-22-14-10-20(24)11-15-22;/h4-7,10-11,14-15,19,21H,8-9,12-13,16H2,1-3H3;1H/t19-,21-;. The Bertz CT molecular complexity index is 772. The summed E-state index contributed by atoms with van der Waals surface area (Å²) in [6.07, 6.45) is 4.63. The van der Waals surface area contributed by atoms with E-state index >= 15 is 0 Å². The van der Waals surface area contributed by atoms with Crippen molar-refractivity contribution >= 4 is 41.4 Å². The molecule has 1 aliphatic rings. The molecule has 0 unspecified atom stereocenters. The van der Waals surface area contributed by atoms with E-state index in [0.717, 1.165) is 25.1 Å². The number of ether oxygens (including phenoxy) is 1. The summed E-state index contributed by atoms with van der Waals surface area (Å²) < 4.78 is 5.84. The largest absolute Gasteiger partial charge is 0.432 e. The van der Waals surface area contributed by atoms with Gasteiger partial charge in [0, 0.05) is 24.7 Å². The number of thiocarbonyl (C=S) groups is 1. The summed E-state index contributed by atoms with van der Waals surface area (Å²) in [7, 11) is 6.25. The predicted octanol–water partition coefficient (Wildman–Crippen LogP) is 6.15. The lowest BCUT2D eigenvalue weighted by molar-refractivity contribution is 0.239. The van der Waals surface area contributed by atoms with Gasteiger partial charge in [0.15, 0.2) is 0 Å². The van der Waals surface area contributed by atoms with Crippen LogP contribution in [-0.2, 0) is 6.54 Å². The lowest BCUT2D eigenvalue weighted by Crippen LogP contribution is -2.40. The highest BCUT2D eigenvalue weighted by molar-refractivity contribution is 7.80. The third kappa shape index (κ3) is 6.85. The molecular formula is C23H30Cl2N2OS. The lowest BCUT2D eigenvalue weighted by Gasteiger charge is -2.35. The normalized spacial score (nSPS) is 18.8. The maximum Gasteiger partial charge on any atom is 0.264 e. The molecule has 2 aromatic rings. The summed E-state index contributed by atoms with van der Waals surface area (Å²) in [6.45, 7) is 0.989. The van der Waals surface area contributed by atoms with Gasteiger partial charge in [-0.3, -0.25) is 0 Å². The van der Waals surface area contributed by atoms with Gasteiger partial charge in [0.2, 0.25) is 0 Å². The molecule has 0 atom stereocenters. The van der Waals surface area contributed by atoms with Crippen LogP contribution in [0.4, 0.5) is 0 Å². The van der Waals surface area contributed by atoms with Crippen molar-refractivity contribution in [3.63, 3.8) is 0 Å². The van der Waals surface area contributed by atoms with Crippen molar-refractivity contribution in [2.45, 2.75) is 44.2 Å². The van der Waals surface area contributed by atoms with Gasteiger partial charge in [-0.1, -0.05) is 35.9 Å². The molecule has 1 aliphatic carbocycles. The van der Waals surface area contributed by atoms with Crippen molar-refractivity contribution in [1.29, 1.82) is 0 Å². The van der Waals surface area contributed by atoms with Gasteiger partial charge in [-0.15, -0.1) is 12.4 Å². The maximum atomic E-state index is 5.93. The first-order valence-corrected chi connectivity index (χ1v) is 10.6. The van der Waals surface area contributed by atoms with Crippen LogP contribution in [0.25, 0.3) is 0 Å². The van der Waals surface area contributed by atoms with E-state index in [2.05, 4.69) is 48.2 Å². The number of benzene rings is 2. The van der Waals surface area contributed by atoms with Crippen LogP contribution >= 0.6 is 36.2 Å². The van der Waals surface area contributed by atoms with Crippen molar-refractivity contribution < 1.29 is 4.74 Å². The molecule has 0 aliphatic heterocycles. The summed E-state index contributed by atoms with van der Waals surface area (Å²) in [5.41, 5.74) is 2.83. The van der Waals surface area contributed by atoms with E-state index in [9.17, 15) is 0 Å². The van der Waals surface area contributed by atoms with Crippen molar-refractivity contribution in [3.05, 3.63) is 64.7 Å². The third-order valence-corrected chi connectivity index (χ3v) is 6.12. The molecule has 3 nitrogen and oxygen atoms in total. The van der Waals surface area contributed by atoms with Crippen LogP contribution < -0.4 is 4.74 Å². The molecule has 158 valence electrons. The van der Waals surface area contributed by atoms with E-state index in [4.69, 9.17) is 28.6 Å². The minimum absolute atomic E-state index is 0. The molecule has 0 amide bonds. The van der Waals surface area contributed by atoms with E-state index in [-0.39, 0.29) is 12.4 Å². The SMILES string of the molecule is CN(C)Cc1ccc([C@H]2CC[C@H](N(C)C(=S)Oc3ccc(Cl)cc3)CC2)cc1.Cl. The molecule has 0 heterocycles. The fraction of sp³-hybridized carbons (Fsp3) is 0.435. The number of rotatable bonds is 5. The second-order valence-corrected chi connectivity index (χ2v) is 8.70. The van der Waals surface area contributed by atoms with E-state index < -0.39 is 0 Å². The molecule has 2 aromatic carbocycles. The van der Waals surface area contributed by atoms with Crippen LogP contribution in [0.2, 0.25) is 5.02 Å². The van der Waals surface area contributed by atoms with E-state index in [1.54, 1.807) is 0 Å². The molecule has 29 heavy (non-hydrogen) atoms. The van der Waals surface area contributed by atoms with E-state index in [1.165, 1.54) is 24.0 Å². The van der Waals surface area contributed by atoms with Gasteiger partial charge in [-0.25, -0.2) is 0 Å². The molecule has 1 saturated carbocycles. The minimum atomic E-state index is 0. The highest BCUT2D eigenvalue weighted by Gasteiger charge is 2.26. The highest BCUT2D eigenvalue weighted by atomic mass is 35.5. The van der Waals surface area contributed by atoms with Gasteiger partial charge in [0.25, 0.3) is 5.17 Å². The van der Waals surface area contributed by atoms with Crippen LogP contribution in [-0.4, -0.2) is 42.2 Å². The van der Waals surface area contributed by atoms with Crippen molar-refractivity contribution in [2.24, 2.45) is 0 Å². The molecule has 0 bridgehead atoms. The summed E-state index contributed by atoms with van der Waals surface area (Å²) in [5.74, 6) is 1.37. The molecule has 0 radical (unpaired) electrons. The summed E-state index contributed by atoms with van der Waals surface area (Å²) >= 11 is 11.4. The summed E-state index contributed by atoms with van der Waals surface area (Å²) in [4.78, 5) is 4.31. The first-order chi connectivity index (χ1) is 13.4. The Morgan fingerprint density at radius 1 is 0.966 bits per heavy atom. The highest BCUT2D eigenvalue weighted by Crippen LogP contribution is 2.35. The molecule has 0 saturated heterocycles. The molecule has 1 fully saturated rings. The average molecular weight is 453 g/mol. The Labute approximate surface area is 191 Å². The second-order valence-electron chi connectivity index (χ2n) is 7.92. The van der Waals surface area contributed by atoms with Crippen LogP contribution in [0.1, 0.15) is 42.7 Å². The van der Waals surface area contributed by atoms with E-state index in [1.807, 2.05) is 31.3 Å². The van der Waals surface area contributed by atoms with Crippen LogP contribution in [0.3, 0.4) is 0 Å². The van der Waals surface area contributed by atoms with Gasteiger partial charge in [-0.05, 0) is 93.3 Å². The number of nitrogens with zero attached hydrogens (tertiary/aromatic N) is 2. The zero-order chi connectivity index (χ0) is 20.1. The second kappa shape index (κ2) is 11.2. The molecule has 0 aromatic heterocycles. The van der Waals surface area contributed by atoms with E-state index in [0.29, 0.717) is 22.2 Å². The smallest absolute Gasteiger partial charge is 0.264 e. The molecule has 6 heteroatoms. The minimum Gasteiger partial charge on any atom is -0.432 e. The van der Waals surface area contributed by atoms with Gasteiger partial charge in [0.05, 0.1) is 0 Å². The molecule has 0 N–H and O–H groups in total. The Balaban J connectivity index is 0.00000300. The van der Waals surface area contributed by atoms with Crippen molar-refractivity contribution in [2.75, 3.05) is 21.1 Å². The van der Waals surface area contributed by atoms with Gasteiger partial charge >= 0.3 is 0 Å². The van der Waals surface area contributed by atoms with Crippen molar-refractivity contribution in [1.82, 2.24) is 9.80 Å². The monoisotopic (exact) mass is 452 g/mol. The number of hydrogen-bond donors (Lipinski definition) is 0. The number of hydrogen-bond acceptors (Lipinski definition) is 3. The van der Waals surface area contributed by atoms with Gasteiger partial charge in [-0.2, -0.15) is 0 Å². The van der Waals surface area contributed by atoms with Crippen LogP contribution in [0.15, 0.2) is 48.5 Å². The molecule has 3 rings (SSSR count). The Hall–Kier alpha value is -1.33. The Morgan fingerprint density at radius 2 is 1.55 bits per heavy atom. The maximum absolute atomic E-state index is 5.93. The number of halogens is 2. The van der Waals surface area contributed by atoms with Gasteiger partial charge in [0.1, 0.15) is 5.75 Å². The third-order valence-electron chi connectivity index (χ3n) is 5.50. The zero-order valence-corrected chi connectivity index (χ0v) is 19.7. The summed E-state index contributed by atoms with van der Waals surface area (Å²) in [6, 6.07) is 16.9. The lowest BCUT2D eigenvalue weighted by atomic mass is 9.81. The van der Waals surface area contributed by atoms with Crippen LogP contribution in [0, 0.1) is 0 Å². The molecular weight excluding hydrogens is 423 g/mol. The Morgan fingerprint density at radius 3 is 2.10 bits per heavy atom. The molecule has 0 spiro atoms. The Kier molecular flexibility index (Phi) is 9.22. The first-order valence-electron chi connectivity index (χ1n) is 9.86. The topological polar surface area (TPSA) is 15.7 Å². The van der Waals surface area contributed by atoms with Gasteiger partial charge < -0.3 is 14.5 Å². The zero-order valence-electron chi connectivity index (χ0n) is 17.3. The predicted molar refractivity (Wildman–Crippen MR) is 129 cm³/mol. The summed E-state index contributed by atoms with van der Waals surface area (Å²) in [5, 5.41) is 1.22. The fourth-order valence-corrected chi connectivity index (χ4v) is 4.25.